The van der Waals surface area contributed by atoms with Crippen LogP contribution in [-0.2, 0) is 4.79 Å². The lowest BCUT2D eigenvalue weighted by atomic mass is 9.77. The van der Waals surface area contributed by atoms with Gasteiger partial charge in [-0.3, -0.25) is 4.79 Å². The van der Waals surface area contributed by atoms with Gasteiger partial charge >= 0.3 is 11.9 Å². The maximum absolute atomic E-state index is 13.8. The first-order chi connectivity index (χ1) is 11.8. The minimum absolute atomic E-state index is 0.0471. The Bertz CT molecular complexity index is 702. The highest BCUT2D eigenvalue weighted by Gasteiger charge is 2.36. The van der Waals surface area contributed by atoms with Crippen molar-refractivity contribution in [3.05, 3.63) is 28.8 Å². The van der Waals surface area contributed by atoms with Crippen molar-refractivity contribution in [2.45, 2.75) is 19.3 Å². The fourth-order valence-corrected chi connectivity index (χ4v) is 3.58. The first-order valence-corrected chi connectivity index (χ1v) is 7.81. The molecule has 1 aromatic rings. The Morgan fingerprint density at radius 2 is 1.60 bits per heavy atom. The summed E-state index contributed by atoms with van der Waals surface area (Å²) in [4.78, 5) is 24.8. The van der Waals surface area contributed by atoms with Crippen LogP contribution >= 0.6 is 0 Å². The Kier molecular flexibility index (Phi) is 4.68. The van der Waals surface area contributed by atoms with E-state index in [1.54, 1.807) is 0 Å². The van der Waals surface area contributed by atoms with E-state index in [9.17, 15) is 27.2 Å². The highest BCUT2D eigenvalue weighted by Crippen LogP contribution is 2.35. The standard InChI is InChI=1S/C16H15F4NO4/c17-11-10(16(23)24)12(18)14(20)15(13(11)19)25-9(22)5-8-6-21-3-1-7(8)2-4-21/h7-8H,1-6H2,(H,23,24). The van der Waals surface area contributed by atoms with Crippen LogP contribution in [0, 0.1) is 35.1 Å². The number of nitrogens with zero attached hydrogens (tertiary/aromatic N) is 1. The first-order valence-electron chi connectivity index (χ1n) is 7.81. The van der Waals surface area contributed by atoms with E-state index in [1.165, 1.54) is 0 Å². The fraction of sp³-hybridized carbons (Fsp3) is 0.500. The molecule has 5 nitrogen and oxygen atoms in total. The van der Waals surface area contributed by atoms with E-state index >= 15 is 0 Å². The van der Waals surface area contributed by atoms with E-state index in [2.05, 4.69) is 9.64 Å². The molecule has 3 fully saturated rings. The molecule has 0 spiro atoms. The number of rotatable bonds is 4. The van der Waals surface area contributed by atoms with Gasteiger partial charge in [0.2, 0.25) is 17.4 Å². The number of halogens is 4. The summed E-state index contributed by atoms with van der Waals surface area (Å²) < 4.78 is 59.4. The van der Waals surface area contributed by atoms with Crippen molar-refractivity contribution >= 4 is 11.9 Å². The molecule has 9 heteroatoms. The van der Waals surface area contributed by atoms with Crippen LogP contribution in [-0.4, -0.2) is 41.6 Å². The van der Waals surface area contributed by atoms with E-state index in [1.807, 2.05) is 0 Å². The largest absolute Gasteiger partial charge is 0.477 e. The monoisotopic (exact) mass is 361 g/mol. The van der Waals surface area contributed by atoms with E-state index in [0.29, 0.717) is 12.5 Å². The summed E-state index contributed by atoms with van der Waals surface area (Å²) in [7, 11) is 0. The SMILES string of the molecule is O=C(CC1CN2CCC1CC2)Oc1c(F)c(F)c(C(=O)O)c(F)c1F. The van der Waals surface area contributed by atoms with Crippen LogP contribution in [0.3, 0.4) is 0 Å². The fourth-order valence-electron chi connectivity index (χ4n) is 3.58. The number of aromatic carboxylic acids is 1. The number of carboxylic acid groups (broad SMARTS) is 1. The lowest BCUT2D eigenvalue weighted by molar-refractivity contribution is -0.137. The van der Waals surface area contributed by atoms with Crippen LogP contribution in [0.15, 0.2) is 0 Å². The summed E-state index contributed by atoms with van der Waals surface area (Å²) in [5, 5.41) is 8.62. The number of esters is 1. The summed E-state index contributed by atoms with van der Waals surface area (Å²) in [6.07, 6.45) is 1.69. The zero-order chi connectivity index (χ0) is 18.3. The maximum atomic E-state index is 13.8. The zero-order valence-electron chi connectivity index (χ0n) is 13.0. The smallest absolute Gasteiger partial charge is 0.341 e. The van der Waals surface area contributed by atoms with Gasteiger partial charge in [-0.2, -0.15) is 8.78 Å². The molecule has 25 heavy (non-hydrogen) atoms. The molecule has 3 saturated heterocycles. The molecule has 0 saturated carbocycles. The van der Waals surface area contributed by atoms with Crippen LogP contribution in [0.5, 0.6) is 5.75 Å². The Morgan fingerprint density at radius 3 is 2.04 bits per heavy atom. The van der Waals surface area contributed by atoms with Gasteiger partial charge in [0.15, 0.2) is 11.6 Å². The Balaban J connectivity index is 1.78. The number of piperidine rings is 3. The van der Waals surface area contributed by atoms with Gasteiger partial charge in [0, 0.05) is 6.54 Å². The summed E-state index contributed by atoms with van der Waals surface area (Å²) in [5.74, 6) is -12.8. The number of carbonyl (C=O) groups is 2. The number of carbonyl (C=O) groups excluding carboxylic acids is 1. The third kappa shape index (κ3) is 3.20. The van der Waals surface area contributed by atoms with Gasteiger partial charge in [-0.25, -0.2) is 13.6 Å². The molecule has 136 valence electrons. The second-order valence-electron chi connectivity index (χ2n) is 6.34. The molecule has 3 aliphatic heterocycles. The van der Waals surface area contributed by atoms with Crippen LogP contribution in [0.25, 0.3) is 0 Å². The van der Waals surface area contributed by atoms with E-state index in [-0.39, 0.29) is 12.3 Å². The van der Waals surface area contributed by atoms with Crippen LogP contribution in [0.4, 0.5) is 17.6 Å². The molecule has 0 aliphatic carbocycles. The van der Waals surface area contributed by atoms with Crippen molar-refractivity contribution in [3.63, 3.8) is 0 Å². The minimum atomic E-state index is -2.17. The molecule has 0 amide bonds. The summed E-state index contributed by atoms with van der Waals surface area (Å²) in [6, 6.07) is 0. The Morgan fingerprint density at radius 1 is 1.04 bits per heavy atom. The molecule has 1 N–H and O–H groups in total. The third-order valence-electron chi connectivity index (χ3n) is 4.87. The molecule has 3 heterocycles. The molecule has 0 aromatic heterocycles. The van der Waals surface area contributed by atoms with Crippen molar-refractivity contribution < 1.29 is 37.0 Å². The molecule has 4 rings (SSSR count). The average Bonchev–Trinajstić information content (AvgIpc) is 2.58. The van der Waals surface area contributed by atoms with Gasteiger partial charge < -0.3 is 14.7 Å². The number of benzene rings is 1. The van der Waals surface area contributed by atoms with Crippen LogP contribution in [0.2, 0.25) is 0 Å². The summed E-state index contributed by atoms with van der Waals surface area (Å²) >= 11 is 0. The number of hydrogen-bond donors (Lipinski definition) is 1. The van der Waals surface area contributed by atoms with Crippen molar-refractivity contribution in [1.29, 1.82) is 0 Å². The van der Waals surface area contributed by atoms with Gasteiger partial charge in [0.05, 0.1) is 6.42 Å². The van der Waals surface area contributed by atoms with Crippen molar-refractivity contribution in [2.24, 2.45) is 11.8 Å². The Hall–Kier alpha value is -2.16. The number of hydrogen-bond acceptors (Lipinski definition) is 4. The second-order valence-corrected chi connectivity index (χ2v) is 6.34. The lowest BCUT2D eigenvalue weighted by Gasteiger charge is -2.44. The molecule has 2 bridgehead atoms. The van der Waals surface area contributed by atoms with Crippen LogP contribution < -0.4 is 4.74 Å². The first kappa shape index (κ1) is 17.7. The molecular weight excluding hydrogens is 346 g/mol. The number of carboxylic acids is 1. The Labute approximate surface area is 140 Å². The molecular formula is C16H15F4NO4. The van der Waals surface area contributed by atoms with E-state index < -0.39 is 46.5 Å². The maximum Gasteiger partial charge on any atom is 0.341 e. The van der Waals surface area contributed by atoms with Crippen molar-refractivity contribution in [2.75, 3.05) is 19.6 Å². The summed E-state index contributed by atoms with van der Waals surface area (Å²) in [5.41, 5.74) is -1.77. The molecule has 0 radical (unpaired) electrons. The minimum Gasteiger partial charge on any atom is -0.477 e. The van der Waals surface area contributed by atoms with Gasteiger partial charge in [0.1, 0.15) is 5.56 Å². The molecule has 3 aliphatic rings. The van der Waals surface area contributed by atoms with E-state index in [4.69, 9.17) is 5.11 Å². The molecule has 1 atom stereocenters. The van der Waals surface area contributed by atoms with Gasteiger partial charge in [-0.1, -0.05) is 0 Å². The highest BCUT2D eigenvalue weighted by molar-refractivity contribution is 5.88. The number of ether oxygens (including phenoxy) is 1. The normalized spacial score (nSPS) is 25.0. The van der Waals surface area contributed by atoms with Crippen LogP contribution in [0.1, 0.15) is 29.6 Å². The van der Waals surface area contributed by atoms with Crippen molar-refractivity contribution in [1.82, 2.24) is 4.90 Å². The lowest BCUT2D eigenvalue weighted by Crippen LogP contribution is -2.48. The third-order valence-corrected chi connectivity index (χ3v) is 4.87. The average molecular weight is 361 g/mol. The second kappa shape index (κ2) is 6.62. The van der Waals surface area contributed by atoms with Gasteiger partial charge in [0.25, 0.3) is 0 Å². The predicted octanol–water partition coefficient (Wildman–Crippen LogP) is 2.58. The van der Waals surface area contributed by atoms with E-state index in [0.717, 1.165) is 25.9 Å². The summed E-state index contributed by atoms with van der Waals surface area (Å²) in [6.45, 7) is 2.53. The predicted molar refractivity (Wildman–Crippen MR) is 76.1 cm³/mol. The molecule has 1 unspecified atom stereocenters. The highest BCUT2D eigenvalue weighted by atomic mass is 19.2. The topological polar surface area (TPSA) is 66.8 Å². The van der Waals surface area contributed by atoms with Gasteiger partial charge in [-0.15, -0.1) is 0 Å². The number of fused-ring (bicyclic) bond motifs is 3. The zero-order valence-corrected chi connectivity index (χ0v) is 13.0. The van der Waals surface area contributed by atoms with Crippen molar-refractivity contribution in [3.8, 4) is 5.75 Å². The van der Waals surface area contributed by atoms with Gasteiger partial charge in [-0.05, 0) is 37.8 Å². The quantitative estimate of drug-likeness (QED) is 0.386. The molecule has 1 aromatic carbocycles.